The van der Waals surface area contributed by atoms with Crippen molar-refractivity contribution in [3.8, 4) is 0 Å². The van der Waals surface area contributed by atoms with Crippen molar-refractivity contribution < 1.29 is 0 Å². The molecule has 1 N–H and O–H groups in total. The molecule has 2 atom stereocenters. The van der Waals surface area contributed by atoms with E-state index >= 15 is 0 Å². The fourth-order valence-electron chi connectivity index (χ4n) is 2.25. The number of aromatic nitrogens is 1. The number of pyridine rings is 1. The van der Waals surface area contributed by atoms with Gasteiger partial charge in [-0.25, -0.2) is 0 Å². The summed E-state index contributed by atoms with van der Waals surface area (Å²) < 4.78 is 0. The Labute approximate surface area is 121 Å². The Hall–Kier alpha value is -1.87. The second-order valence-corrected chi connectivity index (χ2v) is 5.35. The lowest BCUT2D eigenvalue weighted by molar-refractivity contribution is 0.486. The highest BCUT2D eigenvalue weighted by molar-refractivity contribution is 5.46. The van der Waals surface area contributed by atoms with Crippen LogP contribution in [0, 0.1) is 0 Å². The molecule has 20 heavy (non-hydrogen) atoms. The molecule has 0 aliphatic rings. The van der Waals surface area contributed by atoms with E-state index < -0.39 is 0 Å². The van der Waals surface area contributed by atoms with Crippen LogP contribution in [0.15, 0.2) is 48.7 Å². The quantitative estimate of drug-likeness (QED) is 0.899. The van der Waals surface area contributed by atoms with Crippen LogP contribution in [0.4, 0.5) is 5.69 Å². The molecule has 0 saturated carbocycles. The van der Waals surface area contributed by atoms with E-state index in [1.807, 2.05) is 18.3 Å². The molecule has 2 rings (SSSR count). The maximum Gasteiger partial charge on any atom is 0.0570 e. The summed E-state index contributed by atoms with van der Waals surface area (Å²) >= 11 is 0. The van der Waals surface area contributed by atoms with Crippen molar-refractivity contribution in [2.45, 2.75) is 25.9 Å². The Kier molecular flexibility index (Phi) is 4.74. The normalized spacial score (nSPS) is 13.8. The van der Waals surface area contributed by atoms with Crippen LogP contribution >= 0.6 is 0 Å². The van der Waals surface area contributed by atoms with Gasteiger partial charge in [0.2, 0.25) is 0 Å². The Balaban J connectivity index is 2.02. The zero-order valence-corrected chi connectivity index (χ0v) is 12.7. The van der Waals surface area contributed by atoms with Gasteiger partial charge in [0, 0.05) is 38.1 Å². The third-order valence-electron chi connectivity index (χ3n) is 3.54. The second kappa shape index (κ2) is 6.53. The Morgan fingerprint density at radius 1 is 0.950 bits per heavy atom. The third-order valence-corrected chi connectivity index (χ3v) is 3.54. The number of hydrogen-bond acceptors (Lipinski definition) is 3. The number of nitrogens with zero attached hydrogens (tertiary/aromatic N) is 2. The zero-order chi connectivity index (χ0) is 14.5. The Morgan fingerprint density at radius 3 is 2.20 bits per heavy atom. The van der Waals surface area contributed by atoms with E-state index in [9.17, 15) is 0 Å². The molecule has 3 heteroatoms. The maximum absolute atomic E-state index is 4.39. The largest absolute Gasteiger partial charge is 0.378 e. The first-order valence-corrected chi connectivity index (χ1v) is 7.02. The van der Waals surface area contributed by atoms with E-state index in [-0.39, 0.29) is 6.04 Å². The van der Waals surface area contributed by atoms with E-state index in [1.54, 1.807) is 0 Å². The van der Waals surface area contributed by atoms with Gasteiger partial charge < -0.3 is 10.2 Å². The van der Waals surface area contributed by atoms with Gasteiger partial charge in [-0.05, 0) is 43.7 Å². The molecule has 106 valence electrons. The average molecular weight is 269 g/mol. The lowest BCUT2D eigenvalue weighted by atomic mass is 10.1. The minimum absolute atomic E-state index is 0.236. The van der Waals surface area contributed by atoms with E-state index in [0.29, 0.717) is 6.04 Å². The molecule has 0 amide bonds. The number of rotatable bonds is 5. The van der Waals surface area contributed by atoms with Gasteiger partial charge in [-0.15, -0.1) is 0 Å². The van der Waals surface area contributed by atoms with Gasteiger partial charge in [-0.1, -0.05) is 18.2 Å². The number of anilines is 1. The van der Waals surface area contributed by atoms with Crippen LogP contribution in [-0.4, -0.2) is 19.1 Å². The smallest absolute Gasteiger partial charge is 0.0570 e. The summed E-state index contributed by atoms with van der Waals surface area (Å²) in [5.74, 6) is 0. The molecule has 1 aromatic carbocycles. The molecule has 1 aromatic heterocycles. The standard InChI is InChI=1S/C17H23N3/c1-13(15-8-10-16(11-9-15)20(3)4)19-14(2)17-7-5-6-12-18-17/h5-14,19H,1-4H3. The molecule has 0 aliphatic carbocycles. The molecule has 2 aromatic rings. The van der Waals surface area contributed by atoms with Gasteiger partial charge in [-0.2, -0.15) is 0 Å². The number of hydrogen-bond donors (Lipinski definition) is 1. The first-order chi connectivity index (χ1) is 9.58. The van der Waals surface area contributed by atoms with Crippen molar-refractivity contribution in [1.82, 2.24) is 10.3 Å². The van der Waals surface area contributed by atoms with Crippen LogP contribution in [0.3, 0.4) is 0 Å². The van der Waals surface area contributed by atoms with Gasteiger partial charge in [0.05, 0.1) is 5.69 Å². The number of nitrogens with one attached hydrogen (secondary N) is 1. The van der Waals surface area contributed by atoms with Crippen LogP contribution in [0.2, 0.25) is 0 Å². The van der Waals surface area contributed by atoms with E-state index in [4.69, 9.17) is 0 Å². The zero-order valence-electron chi connectivity index (χ0n) is 12.7. The van der Waals surface area contributed by atoms with Crippen molar-refractivity contribution in [2.24, 2.45) is 0 Å². The van der Waals surface area contributed by atoms with E-state index in [2.05, 4.69) is 73.5 Å². The van der Waals surface area contributed by atoms with Gasteiger partial charge in [-0.3, -0.25) is 4.98 Å². The van der Waals surface area contributed by atoms with E-state index in [1.165, 1.54) is 11.3 Å². The highest BCUT2D eigenvalue weighted by Gasteiger charge is 2.11. The van der Waals surface area contributed by atoms with Crippen LogP contribution in [0.5, 0.6) is 0 Å². The van der Waals surface area contributed by atoms with Crippen molar-refractivity contribution in [3.63, 3.8) is 0 Å². The van der Waals surface area contributed by atoms with Crippen molar-refractivity contribution in [2.75, 3.05) is 19.0 Å². The second-order valence-electron chi connectivity index (χ2n) is 5.35. The minimum atomic E-state index is 0.236. The first kappa shape index (κ1) is 14.5. The average Bonchev–Trinajstić information content (AvgIpc) is 2.48. The highest BCUT2D eigenvalue weighted by Crippen LogP contribution is 2.20. The van der Waals surface area contributed by atoms with Crippen LogP contribution < -0.4 is 10.2 Å². The molecule has 0 fully saturated rings. The Morgan fingerprint density at radius 2 is 1.65 bits per heavy atom. The van der Waals surface area contributed by atoms with Gasteiger partial charge >= 0.3 is 0 Å². The van der Waals surface area contributed by atoms with Gasteiger partial charge in [0.1, 0.15) is 0 Å². The molecule has 0 spiro atoms. The number of benzene rings is 1. The highest BCUT2D eigenvalue weighted by atomic mass is 15.1. The SMILES string of the molecule is CC(NC(C)c1ccccn1)c1ccc(N(C)C)cc1. The summed E-state index contributed by atoms with van der Waals surface area (Å²) in [5.41, 5.74) is 3.58. The van der Waals surface area contributed by atoms with Crippen molar-refractivity contribution in [1.29, 1.82) is 0 Å². The summed E-state index contributed by atoms with van der Waals surface area (Å²) in [6, 6.07) is 15.2. The predicted octanol–water partition coefficient (Wildman–Crippen LogP) is 3.56. The minimum Gasteiger partial charge on any atom is -0.378 e. The topological polar surface area (TPSA) is 28.2 Å². The Bertz CT molecular complexity index is 520. The lowest BCUT2D eigenvalue weighted by Gasteiger charge is -2.21. The summed E-state index contributed by atoms with van der Waals surface area (Å²) in [5, 5.41) is 3.58. The molecule has 1 heterocycles. The predicted molar refractivity (Wildman–Crippen MR) is 85.0 cm³/mol. The molecule has 2 unspecified atom stereocenters. The monoisotopic (exact) mass is 269 g/mol. The fourth-order valence-corrected chi connectivity index (χ4v) is 2.25. The van der Waals surface area contributed by atoms with Crippen LogP contribution in [0.1, 0.15) is 37.2 Å². The van der Waals surface area contributed by atoms with E-state index in [0.717, 1.165) is 5.69 Å². The molecular weight excluding hydrogens is 246 g/mol. The molecule has 3 nitrogen and oxygen atoms in total. The lowest BCUT2D eigenvalue weighted by Crippen LogP contribution is -2.23. The maximum atomic E-state index is 4.39. The summed E-state index contributed by atoms with van der Waals surface area (Å²) in [6.45, 7) is 4.33. The van der Waals surface area contributed by atoms with Crippen LogP contribution in [0.25, 0.3) is 0 Å². The molecular formula is C17H23N3. The van der Waals surface area contributed by atoms with Gasteiger partial charge in [0.25, 0.3) is 0 Å². The fraction of sp³-hybridized carbons (Fsp3) is 0.353. The molecule has 0 saturated heterocycles. The van der Waals surface area contributed by atoms with Crippen molar-refractivity contribution in [3.05, 3.63) is 59.9 Å². The third kappa shape index (κ3) is 3.58. The first-order valence-electron chi connectivity index (χ1n) is 7.02. The molecule has 0 radical (unpaired) electrons. The molecule has 0 aliphatic heterocycles. The van der Waals surface area contributed by atoms with Crippen molar-refractivity contribution >= 4 is 5.69 Å². The van der Waals surface area contributed by atoms with Gasteiger partial charge in [0.15, 0.2) is 0 Å². The molecule has 0 bridgehead atoms. The summed E-state index contributed by atoms with van der Waals surface area (Å²) in [4.78, 5) is 6.50. The van der Waals surface area contributed by atoms with Crippen LogP contribution in [-0.2, 0) is 0 Å². The summed E-state index contributed by atoms with van der Waals surface area (Å²) in [6.07, 6.45) is 1.84. The summed E-state index contributed by atoms with van der Waals surface area (Å²) in [7, 11) is 4.11.